The normalized spacial score (nSPS) is 13.5. The second-order valence-corrected chi connectivity index (χ2v) is 5.51. The van der Waals surface area contributed by atoms with Gasteiger partial charge in [0.15, 0.2) is 0 Å². The number of likely N-dealkylation sites (N-methyl/N-ethyl adjacent to an activating group) is 1. The Bertz CT molecular complexity index is 458. The molecular weight excluding hydrogens is 330 g/mol. The summed E-state index contributed by atoms with van der Waals surface area (Å²) < 4.78 is 41.5. The quantitative estimate of drug-likeness (QED) is 0.819. The molecule has 0 aromatic heterocycles. The molecule has 0 aliphatic rings. The van der Waals surface area contributed by atoms with Crippen molar-refractivity contribution >= 4 is 23.2 Å². The smallest absolute Gasteiger partial charge is 0.390 e. The Kier molecular flexibility index (Phi) is 7.06. The van der Waals surface area contributed by atoms with Crippen LogP contribution in [0.3, 0.4) is 0 Å². The lowest BCUT2D eigenvalue weighted by atomic mass is 10.3. The number of benzene rings is 1. The summed E-state index contributed by atoms with van der Waals surface area (Å²) in [7, 11) is 1.50. The number of ether oxygens (including phenoxy) is 1. The standard InChI is InChI=1S/C13H16Cl2F3NO2/c1-19(5-4-13(16,17)18)7-10(20)8-21-12-6-9(14)2-3-11(12)15/h2-3,6,10,20H,4-5,7-8H2,1H3. The molecule has 1 N–H and O–H groups in total. The summed E-state index contributed by atoms with van der Waals surface area (Å²) in [5, 5.41) is 10.5. The Hall–Kier alpha value is -0.690. The molecule has 0 radical (unpaired) electrons. The number of nitrogens with zero attached hydrogens (tertiary/aromatic N) is 1. The minimum Gasteiger partial charge on any atom is -0.489 e. The van der Waals surface area contributed by atoms with Gasteiger partial charge in [0.05, 0.1) is 11.4 Å². The van der Waals surface area contributed by atoms with E-state index >= 15 is 0 Å². The maximum absolute atomic E-state index is 12.1. The van der Waals surface area contributed by atoms with E-state index < -0.39 is 18.7 Å². The second kappa shape index (κ2) is 8.08. The molecule has 21 heavy (non-hydrogen) atoms. The van der Waals surface area contributed by atoms with Gasteiger partial charge >= 0.3 is 6.18 Å². The molecule has 1 aromatic carbocycles. The van der Waals surface area contributed by atoms with Gasteiger partial charge in [0.25, 0.3) is 0 Å². The number of alkyl halides is 3. The fourth-order valence-electron chi connectivity index (χ4n) is 1.60. The molecule has 8 heteroatoms. The number of hydrogen-bond acceptors (Lipinski definition) is 3. The van der Waals surface area contributed by atoms with E-state index in [1.807, 2.05) is 0 Å². The van der Waals surface area contributed by atoms with Crippen LogP contribution in [-0.4, -0.2) is 49.0 Å². The van der Waals surface area contributed by atoms with E-state index in [4.69, 9.17) is 27.9 Å². The van der Waals surface area contributed by atoms with Crippen LogP contribution in [-0.2, 0) is 0 Å². The van der Waals surface area contributed by atoms with Crippen LogP contribution in [0.25, 0.3) is 0 Å². The van der Waals surface area contributed by atoms with E-state index in [2.05, 4.69) is 0 Å². The van der Waals surface area contributed by atoms with Crippen LogP contribution >= 0.6 is 23.2 Å². The van der Waals surface area contributed by atoms with Crippen LogP contribution in [0, 0.1) is 0 Å². The van der Waals surface area contributed by atoms with E-state index in [1.54, 1.807) is 12.1 Å². The van der Waals surface area contributed by atoms with Crippen molar-refractivity contribution in [2.24, 2.45) is 0 Å². The summed E-state index contributed by atoms with van der Waals surface area (Å²) >= 11 is 11.7. The maximum atomic E-state index is 12.1. The molecule has 1 rings (SSSR count). The third-order valence-electron chi connectivity index (χ3n) is 2.62. The average Bonchev–Trinajstić information content (AvgIpc) is 2.37. The summed E-state index contributed by atoms with van der Waals surface area (Å²) in [5.41, 5.74) is 0. The van der Waals surface area contributed by atoms with Gasteiger partial charge < -0.3 is 14.7 Å². The molecule has 0 fully saturated rings. The fraction of sp³-hybridized carbons (Fsp3) is 0.538. The monoisotopic (exact) mass is 345 g/mol. The highest BCUT2D eigenvalue weighted by molar-refractivity contribution is 6.34. The van der Waals surface area contributed by atoms with E-state index in [1.165, 1.54) is 18.0 Å². The van der Waals surface area contributed by atoms with Gasteiger partial charge in [-0.15, -0.1) is 0 Å². The molecule has 0 bridgehead atoms. The Morgan fingerprint density at radius 3 is 2.62 bits per heavy atom. The van der Waals surface area contributed by atoms with Crippen molar-refractivity contribution in [2.75, 3.05) is 26.7 Å². The van der Waals surface area contributed by atoms with Crippen molar-refractivity contribution in [3.63, 3.8) is 0 Å². The average molecular weight is 346 g/mol. The van der Waals surface area contributed by atoms with Crippen molar-refractivity contribution in [1.29, 1.82) is 0 Å². The lowest BCUT2D eigenvalue weighted by Gasteiger charge is -2.21. The first-order chi connectivity index (χ1) is 9.67. The van der Waals surface area contributed by atoms with Crippen molar-refractivity contribution in [3.05, 3.63) is 28.2 Å². The molecule has 3 nitrogen and oxygen atoms in total. The van der Waals surface area contributed by atoms with E-state index in [-0.39, 0.29) is 19.7 Å². The van der Waals surface area contributed by atoms with Crippen molar-refractivity contribution < 1.29 is 23.0 Å². The van der Waals surface area contributed by atoms with Gasteiger partial charge in [-0.3, -0.25) is 0 Å². The highest BCUT2D eigenvalue weighted by atomic mass is 35.5. The van der Waals surface area contributed by atoms with Gasteiger partial charge in [-0.1, -0.05) is 23.2 Å². The fourth-order valence-corrected chi connectivity index (χ4v) is 1.93. The predicted molar refractivity (Wildman–Crippen MR) is 76.1 cm³/mol. The lowest BCUT2D eigenvalue weighted by Crippen LogP contribution is -2.35. The van der Waals surface area contributed by atoms with Crippen LogP contribution in [0.15, 0.2) is 18.2 Å². The number of rotatable bonds is 7. The van der Waals surface area contributed by atoms with Gasteiger partial charge in [0.1, 0.15) is 18.5 Å². The first kappa shape index (κ1) is 18.4. The van der Waals surface area contributed by atoms with Crippen molar-refractivity contribution in [2.45, 2.75) is 18.7 Å². The Morgan fingerprint density at radius 2 is 2.00 bits per heavy atom. The minimum absolute atomic E-state index is 0.0638. The first-order valence-corrected chi connectivity index (χ1v) is 6.94. The zero-order valence-corrected chi connectivity index (χ0v) is 12.8. The summed E-state index contributed by atoms with van der Waals surface area (Å²) in [6, 6.07) is 4.66. The molecular formula is C13H16Cl2F3NO2. The van der Waals surface area contributed by atoms with Crippen molar-refractivity contribution in [3.8, 4) is 5.75 Å². The van der Waals surface area contributed by atoms with Crippen LogP contribution < -0.4 is 4.74 Å². The Labute approximate surface area is 131 Å². The molecule has 0 aliphatic carbocycles. The largest absolute Gasteiger partial charge is 0.489 e. The zero-order chi connectivity index (χ0) is 16.0. The van der Waals surface area contributed by atoms with E-state index in [0.29, 0.717) is 15.8 Å². The molecule has 1 aromatic rings. The molecule has 0 aliphatic heterocycles. The SMILES string of the molecule is CN(CCC(F)(F)F)CC(O)COc1cc(Cl)ccc1Cl. The first-order valence-electron chi connectivity index (χ1n) is 6.18. The van der Waals surface area contributed by atoms with Gasteiger partial charge in [0.2, 0.25) is 0 Å². The summed E-state index contributed by atoms with van der Waals surface area (Å²) in [6.45, 7) is -0.205. The lowest BCUT2D eigenvalue weighted by molar-refractivity contribution is -0.138. The van der Waals surface area contributed by atoms with Crippen LogP contribution in [0.1, 0.15) is 6.42 Å². The van der Waals surface area contributed by atoms with Gasteiger partial charge in [-0.05, 0) is 19.2 Å². The van der Waals surface area contributed by atoms with Crippen molar-refractivity contribution in [1.82, 2.24) is 4.90 Å². The summed E-state index contributed by atoms with van der Waals surface area (Å²) in [5.74, 6) is 0.321. The molecule has 0 spiro atoms. The third kappa shape index (κ3) is 7.76. The molecule has 1 unspecified atom stereocenters. The maximum Gasteiger partial charge on any atom is 0.390 e. The number of halogens is 5. The Balaban J connectivity index is 2.36. The molecule has 0 saturated carbocycles. The molecule has 120 valence electrons. The molecule has 1 atom stereocenters. The highest BCUT2D eigenvalue weighted by Gasteiger charge is 2.27. The molecule has 0 heterocycles. The van der Waals surface area contributed by atoms with Gasteiger partial charge in [0, 0.05) is 24.2 Å². The highest BCUT2D eigenvalue weighted by Crippen LogP contribution is 2.27. The number of hydrogen-bond donors (Lipinski definition) is 1. The second-order valence-electron chi connectivity index (χ2n) is 4.67. The predicted octanol–water partition coefficient (Wildman–Crippen LogP) is 3.62. The summed E-state index contributed by atoms with van der Waals surface area (Å²) in [4.78, 5) is 1.39. The number of aliphatic hydroxyl groups excluding tert-OH is 1. The Morgan fingerprint density at radius 1 is 1.33 bits per heavy atom. The topological polar surface area (TPSA) is 32.7 Å². The third-order valence-corrected chi connectivity index (χ3v) is 3.17. The summed E-state index contributed by atoms with van der Waals surface area (Å²) in [6.07, 6.45) is -6.06. The van der Waals surface area contributed by atoms with E-state index in [0.717, 1.165) is 0 Å². The van der Waals surface area contributed by atoms with Crippen LogP contribution in [0.5, 0.6) is 5.75 Å². The van der Waals surface area contributed by atoms with Gasteiger partial charge in [-0.25, -0.2) is 0 Å². The molecule has 0 saturated heterocycles. The van der Waals surface area contributed by atoms with E-state index in [9.17, 15) is 18.3 Å². The van der Waals surface area contributed by atoms with Crippen LogP contribution in [0.2, 0.25) is 10.0 Å². The number of aliphatic hydroxyl groups is 1. The minimum atomic E-state index is -4.20. The van der Waals surface area contributed by atoms with Crippen LogP contribution in [0.4, 0.5) is 13.2 Å². The molecule has 0 amide bonds. The van der Waals surface area contributed by atoms with Gasteiger partial charge in [-0.2, -0.15) is 13.2 Å². The zero-order valence-electron chi connectivity index (χ0n) is 11.3.